The van der Waals surface area contributed by atoms with Crippen LogP contribution in [0.15, 0.2) is 175 Å². The highest BCUT2D eigenvalue weighted by Crippen LogP contribution is 2.46. The van der Waals surface area contributed by atoms with Crippen molar-refractivity contribution in [3.05, 3.63) is 212 Å². The highest BCUT2D eigenvalue weighted by Gasteiger charge is 2.27. The summed E-state index contributed by atoms with van der Waals surface area (Å²) in [6.45, 7) is 41.6. The van der Waals surface area contributed by atoms with Crippen LogP contribution in [0.1, 0.15) is 191 Å². The second kappa shape index (κ2) is 25.8. The Bertz CT molecular complexity index is 2460. The van der Waals surface area contributed by atoms with Gasteiger partial charge in [0.2, 0.25) is 0 Å². The van der Waals surface area contributed by atoms with Crippen LogP contribution >= 0.6 is 70.6 Å². The summed E-state index contributed by atoms with van der Waals surface area (Å²) in [5, 5.41) is 0. The molecule has 414 valence electrons. The quantitative estimate of drug-likeness (QED) is 0.0780. The lowest BCUT2D eigenvalue weighted by Gasteiger charge is -2.28. The third-order valence-electron chi connectivity index (χ3n) is 14.8. The van der Waals surface area contributed by atoms with Crippen molar-refractivity contribution in [2.24, 2.45) is 0 Å². The highest BCUT2D eigenvalue weighted by molar-refractivity contribution is 8.00. The maximum absolute atomic E-state index is 2.37. The summed E-state index contributed by atoms with van der Waals surface area (Å²) in [7, 11) is 0. The first-order valence-corrected chi connectivity index (χ1v) is 33.9. The standard InChI is InChI=1S/C72H90S6/c1-67(2,3)49-19-31-55(32-20-49)73-43-61-62(44-74-56-33-21-50(22-34-56)68(4,5)6)64(46-76-58-37-25-52(26-38-58)70(10,11)12)66(48-78-60-41-29-54(30-42-60)72(16,17)18)65(47-77-59-39-27-53(28-40-59)71(13,14)15)63(61)45-75-57-35-23-51(24-36-57)69(7,8)9/h19-42H,43-48H2,1-18H3. The molecule has 7 aromatic rings. The van der Waals surface area contributed by atoms with Gasteiger partial charge >= 0.3 is 0 Å². The van der Waals surface area contributed by atoms with Gasteiger partial charge in [-0.15, -0.1) is 70.6 Å². The SMILES string of the molecule is CC(C)(C)c1ccc(SCc2c(CSc3ccc(C(C)(C)C)cc3)c(CSc3ccc(C(C)(C)C)cc3)c(CSc3ccc(C(C)(C)C)cc3)c(CSc3ccc(C(C)(C)C)cc3)c2CSc2ccc(C(C)(C)C)cc2)cc1. The monoisotopic (exact) mass is 1150 g/mol. The average molecular weight is 1150 g/mol. The van der Waals surface area contributed by atoms with Gasteiger partial charge in [0.25, 0.3) is 0 Å². The minimum Gasteiger partial charge on any atom is -0.121 e. The summed E-state index contributed by atoms with van der Waals surface area (Å²) < 4.78 is 0. The fourth-order valence-electron chi connectivity index (χ4n) is 9.38. The van der Waals surface area contributed by atoms with E-state index in [4.69, 9.17) is 0 Å². The third-order valence-corrected chi connectivity index (χ3v) is 21.0. The van der Waals surface area contributed by atoms with Crippen LogP contribution in [-0.2, 0) is 67.0 Å². The van der Waals surface area contributed by atoms with Crippen LogP contribution in [0, 0.1) is 0 Å². The molecule has 0 radical (unpaired) electrons. The van der Waals surface area contributed by atoms with Crippen LogP contribution < -0.4 is 0 Å². The van der Waals surface area contributed by atoms with E-state index in [-0.39, 0.29) is 32.5 Å². The Morgan fingerprint density at radius 2 is 0.282 bits per heavy atom. The van der Waals surface area contributed by atoms with Crippen LogP contribution in [0.2, 0.25) is 0 Å². The fourth-order valence-corrected chi connectivity index (χ4v) is 15.3. The molecule has 0 saturated carbocycles. The Kier molecular flexibility index (Phi) is 20.6. The zero-order chi connectivity index (χ0) is 56.8. The van der Waals surface area contributed by atoms with E-state index in [0.29, 0.717) is 0 Å². The molecule has 0 bridgehead atoms. The smallest absolute Gasteiger partial charge is 0.0238 e. The Hall–Kier alpha value is -3.36. The van der Waals surface area contributed by atoms with Crippen molar-refractivity contribution in [2.45, 2.75) is 221 Å². The van der Waals surface area contributed by atoms with E-state index < -0.39 is 0 Å². The molecule has 0 amide bonds. The third kappa shape index (κ3) is 17.3. The molecular formula is C72H90S6. The topological polar surface area (TPSA) is 0 Å². The lowest BCUT2D eigenvalue weighted by Crippen LogP contribution is -2.13. The van der Waals surface area contributed by atoms with Crippen LogP contribution in [0.5, 0.6) is 0 Å². The molecule has 0 aliphatic heterocycles. The van der Waals surface area contributed by atoms with Gasteiger partial charge in [0.15, 0.2) is 0 Å². The zero-order valence-corrected chi connectivity index (χ0v) is 55.4. The molecule has 0 atom stereocenters. The van der Waals surface area contributed by atoms with Gasteiger partial charge in [-0.3, -0.25) is 0 Å². The zero-order valence-electron chi connectivity index (χ0n) is 50.5. The Labute approximate surface area is 499 Å². The predicted molar refractivity (Wildman–Crippen MR) is 355 cm³/mol. The molecular weight excluding hydrogens is 1060 g/mol. The molecule has 78 heavy (non-hydrogen) atoms. The largest absolute Gasteiger partial charge is 0.121 e. The lowest BCUT2D eigenvalue weighted by molar-refractivity contribution is 0.589. The molecule has 0 N–H and O–H groups in total. The van der Waals surface area contributed by atoms with Gasteiger partial charge in [-0.25, -0.2) is 0 Å². The molecule has 0 aliphatic carbocycles. The average Bonchev–Trinajstić information content (AvgIpc) is 3.38. The van der Waals surface area contributed by atoms with Crippen molar-refractivity contribution in [3.63, 3.8) is 0 Å². The minimum atomic E-state index is 0.0931. The van der Waals surface area contributed by atoms with E-state index >= 15 is 0 Å². The number of thioether (sulfide) groups is 6. The van der Waals surface area contributed by atoms with Gasteiger partial charge in [-0.2, -0.15) is 0 Å². The summed E-state index contributed by atoms with van der Waals surface area (Å²) in [4.78, 5) is 7.91. The molecule has 0 saturated heterocycles. The van der Waals surface area contributed by atoms with E-state index in [1.807, 2.05) is 70.6 Å². The fraction of sp³-hybridized carbons (Fsp3) is 0.417. The molecule has 7 rings (SSSR count). The first kappa shape index (κ1) is 62.2. The van der Waals surface area contributed by atoms with E-state index in [0.717, 1.165) is 34.5 Å². The van der Waals surface area contributed by atoms with Gasteiger partial charge in [-0.05, 0) is 172 Å². The highest BCUT2D eigenvalue weighted by atomic mass is 32.2. The van der Waals surface area contributed by atoms with Gasteiger partial charge in [0.05, 0.1) is 0 Å². The van der Waals surface area contributed by atoms with Gasteiger partial charge in [0, 0.05) is 63.9 Å². The minimum absolute atomic E-state index is 0.0931. The molecule has 6 heteroatoms. The van der Waals surface area contributed by atoms with Crippen molar-refractivity contribution in [1.82, 2.24) is 0 Å². The summed E-state index contributed by atoms with van der Waals surface area (Å²) in [6, 6.07) is 56.7. The molecule has 0 unspecified atom stereocenters. The van der Waals surface area contributed by atoms with Crippen molar-refractivity contribution in [2.75, 3.05) is 0 Å². The van der Waals surface area contributed by atoms with E-state index in [9.17, 15) is 0 Å². The number of rotatable bonds is 18. The van der Waals surface area contributed by atoms with Gasteiger partial charge in [0.1, 0.15) is 0 Å². The van der Waals surface area contributed by atoms with Crippen molar-refractivity contribution in [1.29, 1.82) is 0 Å². The van der Waals surface area contributed by atoms with E-state index in [2.05, 4.69) is 270 Å². The summed E-state index contributed by atoms with van der Waals surface area (Å²) in [5.41, 5.74) is 17.9. The second-order valence-electron chi connectivity index (χ2n) is 27.2. The Balaban J connectivity index is 1.47. The second-order valence-corrected chi connectivity index (χ2v) is 33.5. The normalized spacial score (nSPS) is 12.8. The molecule has 0 aromatic heterocycles. The van der Waals surface area contributed by atoms with Crippen LogP contribution in [-0.4, -0.2) is 0 Å². The first-order chi connectivity index (χ1) is 36.4. The first-order valence-electron chi connectivity index (χ1n) is 28.0. The molecule has 0 heterocycles. The molecule has 0 aliphatic rings. The van der Waals surface area contributed by atoms with Crippen LogP contribution in [0.3, 0.4) is 0 Å². The van der Waals surface area contributed by atoms with Crippen molar-refractivity contribution < 1.29 is 0 Å². The van der Waals surface area contributed by atoms with E-state index in [1.54, 1.807) is 0 Å². The molecule has 7 aromatic carbocycles. The number of hydrogen-bond acceptors (Lipinski definition) is 6. The number of hydrogen-bond donors (Lipinski definition) is 0. The van der Waals surface area contributed by atoms with Crippen molar-refractivity contribution >= 4 is 70.6 Å². The summed E-state index contributed by atoms with van der Waals surface area (Å²) in [5.74, 6) is 5.36. The van der Waals surface area contributed by atoms with Crippen LogP contribution in [0.25, 0.3) is 0 Å². The Morgan fingerprint density at radius 1 is 0.179 bits per heavy atom. The van der Waals surface area contributed by atoms with Gasteiger partial charge in [-0.1, -0.05) is 197 Å². The predicted octanol–water partition coefficient (Wildman–Crippen LogP) is 23.2. The lowest BCUT2D eigenvalue weighted by atomic mass is 9.87. The van der Waals surface area contributed by atoms with Crippen molar-refractivity contribution in [3.8, 4) is 0 Å². The number of benzene rings is 7. The molecule has 0 fully saturated rings. The maximum atomic E-state index is 2.37. The van der Waals surface area contributed by atoms with Crippen LogP contribution in [0.4, 0.5) is 0 Å². The van der Waals surface area contributed by atoms with Gasteiger partial charge < -0.3 is 0 Å². The Morgan fingerprint density at radius 3 is 0.372 bits per heavy atom. The van der Waals surface area contributed by atoms with E-state index in [1.165, 1.54) is 96.1 Å². The molecule has 0 spiro atoms. The maximum Gasteiger partial charge on any atom is 0.0238 e. The summed E-state index contributed by atoms with van der Waals surface area (Å²) in [6.07, 6.45) is 0. The molecule has 0 nitrogen and oxygen atoms in total. The summed E-state index contributed by atoms with van der Waals surface area (Å²) >= 11 is 12.1.